The predicted molar refractivity (Wildman–Crippen MR) is 64.9 cm³/mol. The maximum Gasteiger partial charge on any atom is 0.0938 e. The number of likely N-dealkylation sites (tertiary alicyclic amines) is 1. The van der Waals surface area contributed by atoms with Crippen LogP contribution in [-0.4, -0.2) is 83.7 Å². The first kappa shape index (κ1) is 13.2. The highest BCUT2D eigenvalue weighted by Crippen LogP contribution is 2.14. The molecule has 2 N–H and O–H groups in total. The molecule has 2 saturated heterocycles. The smallest absolute Gasteiger partial charge is 0.0938 e. The predicted octanol–water partition coefficient (Wildman–Crippen LogP) is -0.867. The summed E-state index contributed by atoms with van der Waals surface area (Å²) in [5.41, 5.74) is 0. The zero-order chi connectivity index (χ0) is 12.4. The third-order valence-corrected chi connectivity index (χ3v) is 3.70. The molecule has 2 fully saturated rings. The minimum atomic E-state index is -0.597. The summed E-state index contributed by atoms with van der Waals surface area (Å²) in [6.07, 6.45) is -0.997. The molecule has 3 atom stereocenters. The van der Waals surface area contributed by atoms with E-state index in [1.165, 1.54) is 0 Å². The fraction of sp³-hybridized carbons (Fsp3) is 1.00. The molecule has 2 heterocycles. The van der Waals surface area contributed by atoms with E-state index in [9.17, 15) is 10.2 Å². The molecular weight excluding hydrogens is 220 g/mol. The molecular formula is C12H24N2O3. The van der Waals surface area contributed by atoms with Gasteiger partial charge >= 0.3 is 0 Å². The maximum atomic E-state index is 9.49. The Morgan fingerprint density at radius 1 is 1.18 bits per heavy atom. The van der Waals surface area contributed by atoms with Crippen LogP contribution in [0.4, 0.5) is 0 Å². The van der Waals surface area contributed by atoms with Crippen LogP contribution in [0, 0.1) is 0 Å². The highest BCUT2D eigenvalue weighted by Gasteiger charge is 2.32. The number of aliphatic hydroxyl groups excluding tert-OH is 2. The van der Waals surface area contributed by atoms with Gasteiger partial charge in [-0.2, -0.15) is 0 Å². The topological polar surface area (TPSA) is 56.2 Å². The second kappa shape index (κ2) is 5.63. The van der Waals surface area contributed by atoms with Crippen molar-refractivity contribution in [3.05, 3.63) is 0 Å². The van der Waals surface area contributed by atoms with Crippen LogP contribution in [-0.2, 0) is 4.74 Å². The highest BCUT2D eigenvalue weighted by atomic mass is 16.5. The molecule has 0 aromatic heterocycles. The van der Waals surface area contributed by atoms with Crippen molar-refractivity contribution in [2.24, 2.45) is 0 Å². The summed E-state index contributed by atoms with van der Waals surface area (Å²) in [5, 5.41) is 19.0. The molecule has 0 saturated carbocycles. The number of aliphatic hydroxyl groups is 2. The lowest BCUT2D eigenvalue weighted by molar-refractivity contribution is -0.0509. The maximum absolute atomic E-state index is 9.49. The molecule has 0 spiro atoms. The zero-order valence-electron chi connectivity index (χ0n) is 10.7. The average Bonchev–Trinajstić information content (AvgIpc) is 2.58. The molecule has 0 aliphatic carbocycles. The number of hydrogen-bond donors (Lipinski definition) is 2. The fourth-order valence-corrected chi connectivity index (χ4v) is 2.61. The van der Waals surface area contributed by atoms with E-state index >= 15 is 0 Å². The van der Waals surface area contributed by atoms with Crippen molar-refractivity contribution in [2.75, 3.05) is 39.3 Å². The van der Waals surface area contributed by atoms with E-state index in [-0.39, 0.29) is 6.10 Å². The first-order chi connectivity index (χ1) is 8.06. The van der Waals surface area contributed by atoms with Crippen molar-refractivity contribution in [1.29, 1.82) is 0 Å². The highest BCUT2D eigenvalue weighted by molar-refractivity contribution is 4.86. The Balaban J connectivity index is 1.79. The van der Waals surface area contributed by atoms with Crippen molar-refractivity contribution >= 4 is 0 Å². The molecule has 0 aromatic rings. The number of hydrogen-bond acceptors (Lipinski definition) is 5. The van der Waals surface area contributed by atoms with E-state index in [0.717, 1.165) is 26.2 Å². The summed E-state index contributed by atoms with van der Waals surface area (Å²) < 4.78 is 5.74. The van der Waals surface area contributed by atoms with Gasteiger partial charge in [-0.1, -0.05) is 0 Å². The van der Waals surface area contributed by atoms with Gasteiger partial charge in [0.25, 0.3) is 0 Å². The van der Waals surface area contributed by atoms with Crippen molar-refractivity contribution in [1.82, 2.24) is 9.80 Å². The molecule has 0 bridgehead atoms. The van der Waals surface area contributed by atoms with E-state index in [1.54, 1.807) is 0 Å². The summed E-state index contributed by atoms with van der Waals surface area (Å²) in [6.45, 7) is 9.04. The molecule has 2 rings (SSSR count). The first-order valence-corrected chi connectivity index (χ1v) is 6.50. The average molecular weight is 244 g/mol. The summed E-state index contributed by atoms with van der Waals surface area (Å²) in [6, 6.07) is 0.552. The Kier molecular flexibility index (Phi) is 4.38. The number of nitrogens with zero attached hydrogens (tertiary/aromatic N) is 2. The molecule has 2 aliphatic heterocycles. The van der Waals surface area contributed by atoms with Gasteiger partial charge in [-0.15, -0.1) is 0 Å². The lowest BCUT2D eigenvalue weighted by Gasteiger charge is -2.36. The van der Waals surface area contributed by atoms with Crippen molar-refractivity contribution in [3.63, 3.8) is 0 Å². The number of morpholine rings is 1. The summed E-state index contributed by atoms with van der Waals surface area (Å²) in [4.78, 5) is 4.50. The second-order valence-electron chi connectivity index (χ2n) is 5.43. The number of β-amino-alcohol motifs (C(OH)–C–C–N with tert-alkyl or cyclic N) is 2. The number of ether oxygens (including phenoxy) is 1. The van der Waals surface area contributed by atoms with Gasteiger partial charge in [0.05, 0.1) is 24.9 Å². The molecule has 100 valence electrons. The third kappa shape index (κ3) is 3.39. The molecule has 0 radical (unpaired) electrons. The Hall–Kier alpha value is -0.200. The monoisotopic (exact) mass is 244 g/mol. The second-order valence-corrected chi connectivity index (χ2v) is 5.43. The molecule has 17 heavy (non-hydrogen) atoms. The van der Waals surface area contributed by atoms with Crippen LogP contribution < -0.4 is 0 Å². The Morgan fingerprint density at radius 2 is 1.82 bits per heavy atom. The van der Waals surface area contributed by atoms with Crippen LogP contribution in [0.5, 0.6) is 0 Å². The van der Waals surface area contributed by atoms with Gasteiger partial charge < -0.3 is 14.9 Å². The molecule has 0 amide bonds. The molecule has 2 aliphatic rings. The van der Waals surface area contributed by atoms with E-state index in [0.29, 0.717) is 19.1 Å². The Labute approximate surface area is 103 Å². The van der Waals surface area contributed by atoms with Gasteiger partial charge in [-0.25, -0.2) is 0 Å². The fourth-order valence-electron chi connectivity index (χ4n) is 2.61. The normalized spacial score (nSPS) is 36.9. The van der Waals surface area contributed by atoms with E-state index in [2.05, 4.69) is 23.6 Å². The lowest BCUT2D eigenvalue weighted by Crippen LogP contribution is -2.49. The SMILES string of the molecule is CC(C)N1CCOC(CN2CC(O)C(O)C2)C1. The summed E-state index contributed by atoms with van der Waals surface area (Å²) in [5.74, 6) is 0. The van der Waals surface area contributed by atoms with Gasteiger partial charge in [0.2, 0.25) is 0 Å². The minimum absolute atomic E-state index is 0.198. The molecule has 3 unspecified atom stereocenters. The van der Waals surface area contributed by atoms with Gasteiger partial charge in [0.15, 0.2) is 0 Å². The van der Waals surface area contributed by atoms with E-state index < -0.39 is 12.2 Å². The third-order valence-electron chi connectivity index (χ3n) is 3.70. The van der Waals surface area contributed by atoms with Gasteiger partial charge in [-0.05, 0) is 13.8 Å². The van der Waals surface area contributed by atoms with Crippen LogP contribution in [0.3, 0.4) is 0 Å². The van der Waals surface area contributed by atoms with Crippen molar-refractivity contribution in [2.45, 2.75) is 38.2 Å². The van der Waals surface area contributed by atoms with Gasteiger partial charge in [0.1, 0.15) is 0 Å². The van der Waals surface area contributed by atoms with Crippen LogP contribution in [0.25, 0.3) is 0 Å². The van der Waals surface area contributed by atoms with Gasteiger partial charge in [0, 0.05) is 38.8 Å². The largest absolute Gasteiger partial charge is 0.389 e. The Morgan fingerprint density at radius 3 is 2.41 bits per heavy atom. The van der Waals surface area contributed by atoms with Crippen LogP contribution >= 0.6 is 0 Å². The summed E-state index contributed by atoms with van der Waals surface area (Å²) in [7, 11) is 0. The molecule has 0 aromatic carbocycles. The zero-order valence-corrected chi connectivity index (χ0v) is 10.7. The molecule has 5 heteroatoms. The number of rotatable bonds is 3. The summed E-state index contributed by atoms with van der Waals surface area (Å²) >= 11 is 0. The lowest BCUT2D eigenvalue weighted by atomic mass is 10.2. The van der Waals surface area contributed by atoms with Crippen LogP contribution in [0.1, 0.15) is 13.8 Å². The Bertz CT molecular complexity index is 240. The van der Waals surface area contributed by atoms with Crippen LogP contribution in [0.15, 0.2) is 0 Å². The van der Waals surface area contributed by atoms with E-state index in [1.807, 2.05) is 0 Å². The van der Waals surface area contributed by atoms with Crippen LogP contribution in [0.2, 0.25) is 0 Å². The first-order valence-electron chi connectivity index (χ1n) is 6.50. The standard InChI is InChI=1S/C12H24N2O3/c1-9(2)14-3-4-17-10(6-14)5-13-7-11(15)12(16)8-13/h9-12,15-16H,3-8H2,1-2H3. The van der Waals surface area contributed by atoms with Crippen molar-refractivity contribution < 1.29 is 14.9 Å². The van der Waals surface area contributed by atoms with E-state index in [4.69, 9.17) is 4.74 Å². The minimum Gasteiger partial charge on any atom is -0.389 e. The van der Waals surface area contributed by atoms with Crippen molar-refractivity contribution in [3.8, 4) is 0 Å². The quantitative estimate of drug-likeness (QED) is 0.676. The van der Waals surface area contributed by atoms with Gasteiger partial charge in [-0.3, -0.25) is 9.80 Å². The molecule has 5 nitrogen and oxygen atoms in total.